The zero-order valence-electron chi connectivity index (χ0n) is 13.9. The summed E-state index contributed by atoms with van der Waals surface area (Å²) < 4.78 is 5.73. The van der Waals surface area contributed by atoms with Crippen LogP contribution in [0.15, 0.2) is 71.9 Å². The van der Waals surface area contributed by atoms with Crippen LogP contribution in [0.2, 0.25) is 0 Å². The summed E-state index contributed by atoms with van der Waals surface area (Å²) in [4.78, 5) is 12.0. The molecule has 2 aliphatic carbocycles. The second-order valence-electron chi connectivity index (χ2n) is 6.43. The highest BCUT2D eigenvalue weighted by Crippen LogP contribution is 2.40. The minimum absolute atomic E-state index is 0.0486. The summed E-state index contributed by atoms with van der Waals surface area (Å²) in [5, 5.41) is 4.26. The summed E-state index contributed by atoms with van der Waals surface area (Å²) in [7, 11) is 0. The molecular formula is C21H20N2O2. The number of fused-ring (bicyclic) bond motifs is 1. The average Bonchev–Trinajstić information content (AvgIpc) is 3.02. The molecule has 25 heavy (non-hydrogen) atoms. The number of para-hydroxylation sites is 1. The number of amides is 1. The number of carbonyl (C=O) groups excluding carboxylic acids is 1. The van der Waals surface area contributed by atoms with E-state index in [0.717, 1.165) is 29.7 Å². The van der Waals surface area contributed by atoms with Crippen LogP contribution in [-0.4, -0.2) is 18.2 Å². The Labute approximate surface area is 147 Å². The number of hydrazone groups is 1. The lowest BCUT2D eigenvalue weighted by Crippen LogP contribution is -2.36. The van der Waals surface area contributed by atoms with Crippen molar-refractivity contribution in [2.24, 2.45) is 16.9 Å². The molecule has 4 nitrogen and oxygen atoms in total. The van der Waals surface area contributed by atoms with Crippen molar-refractivity contribution in [3.05, 3.63) is 66.7 Å². The summed E-state index contributed by atoms with van der Waals surface area (Å²) in [6.45, 7) is -0.0486. The first kappa shape index (κ1) is 15.6. The number of allylic oxidation sites excluding steroid dienone is 2. The zero-order chi connectivity index (χ0) is 17.1. The van der Waals surface area contributed by atoms with E-state index in [2.05, 4.69) is 22.7 Å². The van der Waals surface area contributed by atoms with Gasteiger partial charge in [-0.05, 0) is 30.4 Å². The van der Waals surface area contributed by atoms with Gasteiger partial charge in [-0.3, -0.25) is 4.79 Å². The van der Waals surface area contributed by atoms with E-state index in [1.54, 1.807) is 0 Å². The molecule has 1 saturated carbocycles. The average molecular weight is 332 g/mol. The molecular weight excluding hydrogens is 312 g/mol. The maximum absolute atomic E-state index is 12.0. The standard InChI is InChI=1S/C21H20N2O2/c24-21(23-22-19-13-16-9-6-11-17(16)19)14-25-20-12-5-4-10-18(20)15-7-2-1-3-8-15/h1-10,12,16-17H,11,13-14H2,(H,23,24)/b22-19-/t16-,17-/m0/s1. The monoisotopic (exact) mass is 332 g/mol. The van der Waals surface area contributed by atoms with Crippen LogP contribution in [0, 0.1) is 11.8 Å². The topological polar surface area (TPSA) is 50.7 Å². The molecule has 1 fully saturated rings. The zero-order valence-corrected chi connectivity index (χ0v) is 13.9. The molecule has 0 saturated heterocycles. The first-order valence-electron chi connectivity index (χ1n) is 8.60. The van der Waals surface area contributed by atoms with Gasteiger partial charge in [0, 0.05) is 17.2 Å². The van der Waals surface area contributed by atoms with E-state index in [1.807, 2.05) is 54.6 Å². The van der Waals surface area contributed by atoms with E-state index in [0.29, 0.717) is 17.6 Å². The van der Waals surface area contributed by atoms with Gasteiger partial charge in [-0.15, -0.1) is 0 Å². The van der Waals surface area contributed by atoms with Crippen molar-refractivity contribution in [2.45, 2.75) is 12.8 Å². The Morgan fingerprint density at radius 1 is 1.12 bits per heavy atom. The fourth-order valence-corrected chi connectivity index (χ4v) is 3.42. The lowest BCUT2D eigenvalue weighted by molar-refractivity contribution is -0.123. The van der Waals surface area contributed by atoms with Crippen LogP contribution in [0.5, 0.6) is 5.75 Å². The van der Waals surface area contributed by atoms with Gasteiger partial charge in [0.2, 0.25) is 0 Å². The van der Waals surface area contributed by atoms with Gasteiger partial charge in [0.15, 0.2) is 6.61 Å². The number of ether oxygens (including phenoxy) is 1. The molecule has 2 aromatic carbocycles. The van der Waals surface area contributed by atoms with Crippen molar-refractivity contribution >= 4 is 11.6 Å². The van der Waals surface area contributed by atoms with Gasteiger partial charge in [0.25, 0.3) is 5.91 Å². The number of benzene rings is 2. The molecule has 2 aromatic rings. The SMILES string of the molecule is O=C(COc1ccccc1-c1ccccc1)N/N=C1/C[C@@H]2C=CC[C@H]12. The molecule has 0 aliphatic heterocycles. The smallest absolute Gasteiger partial charge is 0.277 e. The molecule has 0 heterocycles. The van der Waals surface area contributed by atoms with Crippen molar-refractivity contribution in [1.29, 1.82) is 0 Å². The maximum Gasteiger partial charge on any atom is 0.277 e. The van der Waals surface area contributed by atoms with Crippen molar-refractivity contribution in [1.82, 2.24) is 5.43 Å². The van der Waals surface area contributed by atoms with Crippen molar-refractivity contribution in [3.63, 3.8) is 0 Å². The van der Waals surface area contributed by atoms with E-state index in [-0.39, 0.29) is 12.5 Å². The Kier molecular flexibility index (Phi) is 4.34. The first-order valence-corrected chi connectivity index (χ1v) is 8.60. The summed E-state index contributed by atoms with van der Waals surface area (Å²) in [6.07, 6.45) is 6.44. The summed E-state index contributed by atoms with van der Waals surface area (Å²) in [5.41, 5.74) is 5.75. The lowest BCUT2D eigenvalue weighted by atomic mass is 9.74. The number of hydrogen-bond donors (Lipinski definition) is 1. The van der Waals surface area contributed by atoms with Crippen molar-refractivity contribution in [2.75, 3.05) is 6.61 Å². The predicted octanol–water partition coefficient (Wildman–Crippen LogP) is 3.80. The fraction of sp³-hybridized carbons (Fsp3) is 0.238. The van der Waals surface area contributed by atoms with E-state index >= 15 is 0 Å². The van der Waals surface area contributed by atoms with Gasteiger partial charge in [-0.25, -0.2) is 5.43 Å². The highest BCUT2D eigenvalue weighted by Gasteiger charge is 2.37. The number of nitrogens with one attached hydrogen (secondary N) is 1. The molecule has 126 valence electrons. The predicted molar refractivity (Wildman–Crippen MR) is 98.3 cm³/mol. The van der Waals surface area contributed by atoms with Crippen LogP contribution >= 0.6 is 0 Å². The molecule has 0 radical (unpaired) electrons. The minimum Gasteiger partial charge on any atom is -0.483 e. The molecule has 0 spiro atoms. The van der Waals surface area contributed by atoms with E-state index in [4.69, 9.17) is 4.74 Å². The van der Waals surface area contributed by atoms with Gasteiger partial charge >= 0.3 is 0 Å². The third kappa shape index (κ3) is 3.33. The Hall–Kier alpha value is -2.88. The molecule has 4 rings (SSSR count). The second-order valence-corrected chi connectivity index (χ2v) is 6.43. The van der Waals surface area contributed by atoms with Gasteiger partial charge in [0.05, 0.1) is 0 Å². The minimum atomic E-state index is -0.232. The number of carbonyl (C=O) groups is 1. The second kappa shape index (κ2) is 6.93. The third-order valence-corrected chi connectivity index (χ3v) is 4.82. The Balaban J connectivity index is 1.36. The number of nitrogens with zero attached hydrogens (tertiary/aromatic N) is 1. The van der Waals surface area contributed by atoms with Crippen molar-refractivity contribution < 1.29 is 9.53 Å². The Bertz CT molecular complexity index is 827. The third-order valence-electron chi connectivity index (χ3n) is 4.82. The van der Waals surface area contributed by atoms with E-state index < -0.39 is 0 Å². The molecule has 0 bridgehead atoms. The molecule has 1 N–H and O–H groups in total. The fourth-order valence-electron chi connectivity index (χ4n) is 3.42. The van der Waals surface area contributed by atoms with Crippen LogP contribution < -0.4 is 10.2 Å². The van der Waals surface area contributed by atoms with E-state index in [1.165, 1.54) is 0 Å². The molecule has 2 aliphatic rings. The van der Waals surface area contributed by atoms with E-state index in [9.17, 15) is 4.79 Å². The van der Waals surface area contributed by atoms with Gasteiger partial charge in [0.1, 0.15) is 5.75 Å². The highest BCUT2D eigenvalue weighted by atomic mass is 16.5. The van der Waals surface area contributed by atoms with Crippen molar-refractivity contribution in [3.8, 4) is 16.9 Å². The van der Waals surface area contributed by atoms with Gasteiger partial charge < -0.3 is 4.74 Å². The molecule has 4 heteroatoms. The number of hydrogen-bond acceptors (Lipinski definition) is 3. The van der Waals surface area contributed by atoms with Crippen LogP contribution in [0.1, 0.15) is 12.8 Å². The summed E-state index contributed by atoms with van der Waals surface area (Å²) in [6, 6.07) is 17.7. The molecule has 2 atom stereocenters. The molecule has 0 unspecified atom stereocenters. The largest absolute Gasteiger partial charge is 0.483 e. The van der Waals surface area contributed by atoms with Crippen LogP contribution in [0.4, 0.5) is 0 Å². The highest BCUT2D eigenvalue weighted by molar-refractivity contribution is 5.95. The summed E-state index contributed by atoms with van der Waals surface area (Å²) in [5.74, 6) is 1.59. The first-order chi connectivity index (χ1) is 12.3. The lowest BCUT2D eigenvalue weighted by Gasteiger charge is -2.31. The normalized spacial score (nSPS) is 22.3. The summed E-state index contributed by atoms with van der Waals surface area (Å²) >= 11 is 0. The van der Waals surface area contributed by atoms with Crippen LogP contribution in [0.25, 0.3) is 11.1 Å². The molecule has 1 amide bonds. The van der Waals surface area contributed by atoms with Gasteiger partial charge in [-0.2, -0.15) is 5.10 Å². The quantitative estimate of drug-likeness (QED) is 0.669. The Morgan fingerprint density at radius 2 is 1.92 bits per heavy atom. The van der Waals surface area contributed by atoms with Crippen LogP contribution in [-0.2, 0) is 4.79 Å². The Morgan fingerprint density at radius 3 is 2.76 bits per heavy atom. The van der Waals surface area contributed by atoms with Crippen LogP contribution in [0.3, 0.4) is 0 Å². The number of rotatable bonds is 5. The maximum atomic E-state index is 12.0. The van der Waals surface area contributed by atoms with Gasteiger partial charge in [-0.1, -0.05) is 60.7 Å². The molecule has 0 aromatic heterocycles.